The first-order valence-corrected chi connectivity index (χ1v) is 8.50. The molecule has 22 heavy (non-hydrogen) atoms. The van der Waals surface area contributed by atoms with Crippen molar-refractivity contribution >= 4 is 0 Å². The fraction of sp³-hybridized carbons (Fsp3) is 0.875. The number of methoxy groups -OCH3 is 1. The zero-order chi connectivity index (χ0) is 15.5. The summed E-state index contributed by atoms with van der Waals surface area (Å²) in [5.74, 6) is 1.96. The first-order chi connectivity index (χ1) is 10.7. The summed E-state index contributed by atoms with van der Waals surface area (Å²) in [4.78, 5) is 5.13. The Kier molecular flexibility index (Phi) is 5.10. The number of rotatable bonds is 5. The molecule has 2 aliphatic rings. The molecule has 2 atom stereocenters. The van der Waals surface area contributed by atoms with E-state index in [1.54, 1.807) is 6.33 Å². The van der Waals surface area contributed by atoms with Crippen LogP contribution < -0.4 is 0 Å². The van der Waals surface area contributed by atoms with Gasteiger partial charge in [-0.2, -0.15) is 0 Å². The van der Waals surface area contributed by atoms with Crippen LogP contribution >= 0.6 is 0 Å². The summed E-state index contributed by atoms with van der Waals surface area (Å²) < 4.78 is 7.64. The van der Waals surface area contributed by atoms with Crippen LogP contribution in [-0.2, 0) is 11.8 Å². The average Bonchev–Trinajstić information content (AvgIpc) is 3.12. The number of aryl methyl sites for hydroxylation is 1. The predicted molar refractivity (Wildman–Crippen MR) is 85.6 cm³/mol. The van der Waals surface area contributed by atoms with E-state index in [2.05, 4.69) is 26.9 Å². The number of aromatic nitrogens is 3. The van der Waals surface area contributed by atoms with E-state index in [9.17, 15) is 0 Å². The van der Waals surface area contributed by atoms with E-state index in [1.165, 1.54) is 25.9 Å². The molecular weight excluding hydrogens is 278 g/mol. The molecule has 2 saturated heterocycles. The molecule has 6 heteroatoms. The quantitative estimate of drug-likeness (QED) is 0.821. The molecule has 0 amide bonds. The van der Waals surface area contributed by atoms with Gasteiger partial charge in [0.05, 0.1) is 12.1 Å². The number of likely N-dealkylation sites (tertiary alicyclic amines) is 2. The lowest BCUT2D eigenvalue weighted by molar-refractivity contribution is 0.103. The smallest absolute Gasteiger partial charge is 0.150 e. The molecule has 6 nitrogen and oxygen atoms in total. The molecule has 3 heterocycles. The molecule has 0 radical (unpaired) electrons. The molecule has 2 aliphatic heterocycles. The van der Waals surface area contributed by atoms with Crippen molar-refractivity contribution < 1.29 is 4.74 Å². The lowest BCUT2D eigenvalue weighted by Crippen LogP contribution is -2.39. The van der Waals surface area contributed by atoms with Gasteiger partial charge in [-0.15, -0.1) is 10.2 Å². The standard InChI is InChI=1S/C16H29N5O/c1-13-4-6-20(7-5-13)8-9-21-11-14(22-3)10-15(21)16-18-17-12-19(16)2/h12-15H,4-11H2,1-3H3/t14-,15+/m1/s1. The molecule has 0 aliphatic carbocycles. The zero-order valence-electron chi connectivity index (χ0n) is 14.1. The van der Waals surface area contributed by atoms with E-state index >= 15 is 0 Å². The van der Waals surface area contributed by atoms with Gasteiger partial charge in [0.25, 0.3) is 0 Å². The lowest BCUT2D eigenvalue weighted by atomic mass is 9.99. The molecule has 3 rings (SSSR count). The van der Waals surface area contributed by atoms with Crippen LogP contribution in [0.4, 0.5) is 0 Å². The Balaban J connectivity index is 1.59. The summed E-state index contributed by atoms with van der Waals surface area (Å²) in [5.41, 5.74) is 0. The normalized spacial score (nSPS) is 28.5. The maximum Gasteiger partial charge on any atom is 0.150 e. The number of piperidine rings is 1. The fourth-order valence-corrected chi connectivity index (χ4v) is 3.70. The number of ether oxygens (including phenoxy) is 1. The third kappa shape index (κ3) is 3.50. The lowest BCUT2D eigenvalue weighted by Gasteiger charge is -2.32. The number of nitrogens with zero attached hydrogens (tertiary/aromatic N) is 5. The van der Waals surface area contributed by atoms with Gasteiger partial charge in [-0.25, -0.2) is 0 Å². The number of hydrogen-bond acceptors (Lipinski definition) is 5. The van der Waals surface area contributed by atoms with Crippen LogP contribution in [0.5, 0.6) is 0 Å². The molecule has 0 saturated carbocycles. The Bertz CT molecular complexity index is 469. The minimum atomic E-state index is 0.308. The minimum absolute atomic E-state index is 0.308. The minimum Gasteiger partial charge on any atom is -0.380 e. The second-order valence-corrected chi connectivity index (χ2v) is 6.93. The number of hydrogen-bond donors (Lipinski definition) is 0. The van der Waals surface area contributed by atoms with Crippen molar-refractivity contribution in [2.45, 2.75) is 38.3 Å². The van der Waals surface area contributed by atoms with E-state index in [4.69, 9.17) is 4.74 Å². The summed E-state index contributed by atoms with van der Waals surface area (Å²) in [6.07, 6.45) is 5.80. The third-order valence-corrected chi connectivity index (χ3v) is 5.32. The Morgan fingerprint density at radius 2 is 2.05 bits per heavy atom. The molecule has 1 aromatic heterocycles. The van der Waals surface area contributed by atoms with Crippen LogP contribution in [-0.4, -0.2) is 70.5 Å². The molecule has 0 bridgehead atoms. The summed E-state index contributed by atoms with van der Waals surface area (Å²) in [7, 11) is 3.84. The van der Waals surface area contributed by atoms with Crippen molar-refractivity contribution in [2.24, 2.45) is 13.0 Å². The topological polar surface area (TPSA) is 46.4 Å². The van der Waals surface area contributed by atoms with E-state index in [0.29, 0.717) is 12.1 Å². The highest BCUT2D eigenvalue weighted by molar-refractivity contribution is 5.01. The van der Waals surface area contributed by atoms with Crippen molar-refractivity contribution in [1.82, 2.24) is 24.6 Å². The van der Waals surface area contributed by atoms with Crippen molar-refractivity contribution in [3.63, 3.8) is 0 Å². The van der Waals surface area contributed by atoms with Crippen molar-refractivity contribution in [2.75, 3.05) is 39.8 Å². The second kappa shape index (κ2) is 7.06. The van der Waals surface area contributed by atoms with E-state index in [-0.39, 0.29) is 0 Å². The highest BCUT2D eigenvalue weighted by Gasteiger charge is 2.35. The molecular formula is C16H29N5O. The monoisotopic (exact) mass is 307 g/mol. The highest BCUT2D eigenvalue weighted by Crippen LogP contribution is 2.31. The third-order valence-electron chi connectivity index (χ3n) is 5.32. The zero-order valence-corrected chi connectivity index (χ0v) is 14.1. The van der Waals surface area contributed by atoms with Gasteiger partial charge in [0.15, 0.2) is 0 Å². The fourth-order valence-electron chi connectivity index (χ4n) is 3.70. The van der Waals surface area contributed by atoms with Gasteiger partial charge in [0.1, 0.15) is 12.2 Å². The van der Waals surface area contributed by atoms with Gasteiger partial charge >= 0.3 is 0 Å². The molecule has 1 aromatic rings. The first kappa shape index (κ1) is 15.9. The Morgan fingerprint density at radius 1 is 1.27 bits per heavy atom. The van der Waals surface area contributed by atoms with Crippen LogP contribution in [0.2, 0.25) is 0 Å². The molecule has 0 aromatic carbocycles. The van der Waals surface area contributed by atoms with Crippen molar-refractivity contribution in [3.8, 4) is 0 Å². The van der Waals surface area contributed by atoms with Crippen LogP contribution in [0, 0.1) is 5.92 Å². The van der Waals surface area contributed by atoms with Gasteiger partial charge in [-0.1, -0.05) is 6.92 Å². The van der Waals surface area contributed by atoms with Crippen LogP contribution in [0.3, 0.4) is 0 Å². The Morgan fingerprint density at radius 3 is 2.68 bits per heavy atom. The maximum atomic E-state index is 5.60. The first-order valence-electron chi connectivity index (χ1n) is 8.50. The van der Waals surface area contributed by atoms with Crippen molar-refractivity contribution in [3.05, 3.63) is 12.2 Å². The molecule has 0 spiro atoms. The second-order valence-electron chi connectivity index (χ2n) is 6.93. The van der Waals surface area contributed by atoms with Gasteiger partial charge < -0.3 is 14.2 Å². The van der Waals surface area contributed by atoms with Gasteiger partial charge in [0, 0.05) is 33.8 Å². The predicted octanol–water partition coefficient (Wildman–Crippen LogP) is 1.31. The Labute approximate surface area is 133 Å². The SMILES string of the molecule is CO[C@@H]1C[C@@H](c2nncn2C)N(CCN2CCC(C)CC2)C1. The molecule has 0 N–H and O–H groups in total. The van der Waals surface area contributed by atoms with E-state index in [0.717, 1.165) is 37.8 Å². The maximum absolute atomic E-state index is 5.60. The highest BCUT2D eigenvalue weighted by atomic mass is 16.5. The summed E-state index contributed by atoms with van der Waals surface area (Å²) >= 11 is 0. The van der Waals surface area contributed by atoms with E-state index < -0.39 is 0 Å². The Hall–Kier alpha value is -0.980. The largest absolute Gasteiger partial charge is 0.380 e. The van der Waals surface area contributed by atoms with E-state index in [1.807, 2.05) is 18.7 Å². The average molecular weight is 307 g/mol. The molecule has 124 valence electrons. The molecule has 0 unspecified atom stereocenters. The van der Waals surface area contributed by atoms with Crippen LogP contribution in [0.1, 0.15) is 38.1 Å². The summed E-state index contributed by atoms with van der Waals surface area (Å²) in [6.45, 7) is 8.10. The summed E-state index contributed by atoms with van der Waals surface area (Å²) in [5, 5.41) is 8.37. The van der Waals surface area contributed by atoms with Gasteiger partial charge in [-0.3, -0.25) is 4.90 Å². The molecule has 2 fully saturated rings. The summed E-state index contributed by atoms with van der Waals surface area (Å²) in [6, 6.07) is 0.334. The van der Waals surface area contributed by atoms with Crippen LogP contribution in [0.15, 0.2) is 6.33 Å². The van der Waals surface area contributed by atoms with Gasteiger partial charge in [-0.05, 0) is 38.3 Å². The van der Waals surface area contributed by atoms with Crippen molar-refractivity contribution in [1.29, 1.82) is 0 Å². The van der Waals surface area contributed by atoms with Crippen LogP contribution in [0.25, 0.3) is 0 Å². The van der Waals surface area contributed by atoms with Gasteiger partial charge in [0.2, 0.25) is 0 Å².